The van der Waals surface area contributed by atoms with Gasteiger partial charge in [-0.05, 0) is 12.8 Å². The lowest BCUT2D eigenvalue weighted by Gasteiger charge is -2.19. The summed E-state index contributed by atoms with van der Waals surface area (Å²) in [6.45, 7) is 3.30. The molecular weight excluding hydrogens is 142 g/mol. The molecule has 0 bridgehead atoms. The van der Waals surface area contributed by atoms with Crippen LogP contribution in [0, 0.1) is 0 Å². The zero-order chi connectivity index (χ0) is 8.32. The van der Waals surface area contributed by atoms with Gasteiger partial charge in [-0.15, -0.1) is 0 Å². The minimum Gasteiger partial charge on any atom is -0.434 e. The van der Waals surface area contributed by atoms with Crippen molar-refractivity contribution in [1.82, 2.24) is 0 Å². The number of nitrogens with two attached hydrogens (primary N) is 1. The van der Waals surface area contributed by atoms with Gasteiger partial charge in [0.25, 0.3) is 0 Å². The highest BCUT2D eigenvalue weighted by atomic mass is 16.5. The third-order valence-electron chi connectivity index (χ3n) is 2.09. The zero-order valence-corrected chi connectivity index (χ0v) is 6.51. The van der Waals surface area contributed by atoms with Crippen LogP contribution in [0.2, 0.25) is 0 Å². The average Bonchev–Trinajstić information content (AvgIpc) is 2.38. The Hall–Kier alpha value is -0.830. The third kappa shape index (κ3) is 1.60. The average molecular weight is 155 g/mol. The molecule has 0 aromatic heterocycles. The van der Waals surface area contributed by atoms with Crippen LogP contribution < -0.4 is 5.73 Å². The first-order valence-corrected chi connectivity index (χ1v) is 3.80. The van der Waals surface area contributed by atoms with Gasteiger partial charge in [0.1, 0.15) is 5.54 Å². The SMILES string of the molecule is C=COC(=O)C1(N)CCCC1. The molecule has 1 fully saturated rings. The molecule has 1 aliphatic rings. The number of carbonyl (C=O) groups is 1. The maximum Gasteiger partial charge on any atom is 0.330 e. The first-order chi connectivity index (χ1) is 5.19. The second kappa shape index (κ2) is 3.05. The minimum absolute atomic E-state index is 0.343. The Morgan fingerprint density at radius 1 is 1.55 bits per heavy atom. The molecule has 0 radical (unpaired) electrons. The van der Waals surface area contributed by atoms with E-state index in [1.807, 2.05) is 0 Å². The van der Waals surface area contributed by atoms with E-state index in [2.05, 4.69) is 11.3 Å². The van der Waals surface area contributed by atoms with Gasteiger partial charge in [0, 0.05) is 0 Å². The second-order valence-corrected chi connectivity index (χ2v) is 2.94. The summed E-state index contributed by atoms with van der Waals surface area (Å²) in [7, 11) is 0. The molecule has 2 N–H and O–H groups in total. The summed E-state index contributed by atoms with van der Waals surface area (Å²) in [5.41, 5.74) is 5.04. The highest BCUT2D eigenvalue weighted by Gasteiger charge is 2.38. The summed E-state index contributed by atoms with van der Waals surface area (Å²) < 4.78 is 4.63. The summed E-state index contributed by atoms with van der Waals surface area (Å²) in [6, 6.07) is 0. The fourth-order valence-corrected chi connectivity index (χ4v) is 1.40. The van der Waals surface area contributed by atoms with E-state index in [4.69, 9.17) is 5.73 Å². The molecule has 0 heterocycles. The lowest BCUT2D eigenvalue weighted by atomic mass is 10.00. The summed E-state index contributed by atoms with van der Waals surface area (Å²) in [6.07, 6.45) is 4.64. The number of rotatable bonds is 2. The second-order valence-electron chi connectivity index (χ2n) is 2.94. The van der Waals surface area contributed by atoms with Crippen LogP contribution in [0.3, 0.4) is 0 Å². The third-order valence-corrected chi connectivity index (χ3v) is 2.09. The smallest absolute Gasteiger partial charge is 0.330 e. The molecule has 0 atom stereocenters. The van der Waals surface area contributed by atoms with Gasteiger partial charge in [0.05, 0.1) is 6.26 Å². The van der Waals surface area contributed by atoms with Crippen LogP contribution in [0.4, 0.5) is 0 Å². The standard InChI is InChI=1S/C8H13NO2/c1-2-11-7(10)8(9)5-3-4-6-8/h2H,1,3-6,9H2. The lowest BCUT2D eigenvalue weighted by Crippen LogP contribution is -2.45. The first kappa shape index (κ1) is 8.27. The summed E-state index contributed by atoms with van der Waals surface area (Å²) in [5, 5.41) is 0. The van der Waals surface area contributed by atoms with Gasteiger partial charge in [-0.2, -0.15) is 0 Å². The van der Waals surface area contributed by atoms with Crippen molar-refractivity contribution in [3.05, 3.63) is 12.8 Å². The molecule has 0 amide bonds. The number of carbonyl (C=O) groups excluding carboxylic acids is 1. The van der Waals surface area contributed by atoms with Gasteiger partial charge in [0.15, 0.2) is 0 Å². The molecule has 3 nitrogen and oxygen atoms in total. The number of ether oxygens (including phenoxy) is 1. The van der Waals surface area contributed by atoms with E-state index in [1.54, 1.807) is 0 Å². The van der Waals surface area contributed by atoms with E-state index in [9.17, 15) is 4.79 Å². The lowest BCUT2D eigenvalue weighted by molar-refractivity contribution is -0.144. The Labute approximate surface area is 66.2 Å². The minimum atomic E-state index is -0.728. The van der Waals surface area contributed by atoms with Crippen molar-refractivity contribution in [3.63, 3.8) is 0 Å². The molecule has 0 saturated heterocycles. The first-order valence-electron chi connectivity index (χ1n) is 3.80. The molecule has 3 heteroatoms. The molecule has 62 valence electrons. The molecule has 0 aliphatic heterocycles. The van der Waals surface area contributed by atoms with Crippen LogP contribution in [0.1, 0.15) is 25.7 Å². The van der Waals surface area contributed by atoms with Crippen molar-refractivity contribution in [1.29, 1.82) is 0 Å². The molecule has 0 aromatic rings. The van der Waals surface area contributed by atoms with E-state index in [0.717, 1.165) is 31.9 Å². The molecule has 0 aromatic carbocycles. The number of hydrogen-bond donors (Lipinski definition) is 1. The highest BCUT2D eigenvalue weighted by Crippen LogP contribution is 2.28. The normalized spacial score (nSPS) is 21.2. The predicted octanol–water partition coefficient (Wildman–Crippen LogP) is 0.945. The van der Waals surface area contributed by atoms with Crippen LogP contribution in [0.15, 0.2) is 12.8 Å². The zero-order valence-electron chi connectivity index (χ0n) is 6.51. The van der Waals surface area contributed by atoms with E-state index < -0.39 is 5.54 Å². The molecule has 11 heavy (non-hydrogen) atoms. The maximum absolute atomic E-state index is 11.1. The Balaban J connectivity index is 2.55. The van der Waals surface area contributed by atoms with Crippen molar-refractivity contribution < 1.29 is 9.53 Å². The van der Waals surface area contributed by atoms with E-state index >= 15 is 0 Å². The van der Waals surface area contributed by atoms with Crippen molar-refractivity contribution in [2.45, 2.75) is 31.2 Å². The molecule has 1 rings (SSSR count). The fourth-order valence-electron chi connectivity index (χ4n) is 1.40. The van der Waals surface area contributed by atoms with Gasteiger partial charge in [-0.3, -0.25) is 0 Å². The number of hydrogen-bond acceptors (Lipinski definition) is 3. The number of esters is 1. The van der Waals surface area contributed by atoms with Crippen LogP contribution in [-0.4, -0.2) is 11.5 Å². The van der Waals surface area contributed by atoms with Crippen molar-refractivity contribution in [2.24, 2.45) is 5.73 Å². The predicted molar refractivity (Wildman–Crippen MR) is 41.7 cm³/mol. The van der Waals surface area contributed by atoms with Gasteiger partial charge >= 0.3 is 5.97 Å². The summed E-state index contributed by atoms with van der Waals surface area (Å²) in [5.74, 6) is -0.343. The van der Waals surface area contributed by atoms with Crippen LogP contribution in [0.5, 0.6) is 0 Å². The van der Waals surface area contributed by atoms with Gasteiger partial charge in [-0.25, -0.2) is 4.79 Å². The Kier molecular flexibility index (Phi) is 2.29. The monoisotopic (exact) mass is 155 g/mol. The maximum atomic E-state index is 11.1. The van der Waals surface area contributed by atoms with E-state index in [0.29, 0.717) is 0 Å². The van der Waals surface area contributed by atoms with E-state index in [-0.39, 0.29) is 5.97 Å². The highest BCUT2D eigenvalue weighted by molar-refractivity contribution is 5.81. The van der Waals surface area contributed by atoms with E-state index in [1.165, 1.54) is 0 Å². The fraction of sp³-hybridized carbons (Fsp3) is 0.625. The molecular formula is C8H13NO2. The topological polar surface area (TPSA) is 52.3 Å². The quantitative estimate of drug-likeness (QED) is 0.477. The van der Waals surface area contributed by atoms with Crippen molar-refractivity contribution in [3.8, 4) is 0 Å². The van der Waals surface area contributed by atoms with Crippen molar-refractivity contribution in [2.75, 3.05) is 0 Å². The molecule has 1 saturated carbocycles. The summed E-state index contributed by atoms with van der Waals surface area (Å²) >= 11 is 0. The van der Waals surface area contributed by atoms with Gasteiger partial charge in [0.2, 0.25) is 0 Å². The Morgan fingerprint density at radius 2 is 2.09 bits per heavy atom. The molecule has 1 aliphatic carbocycles. The largest absolute Gasteiger partial charge is 0.434 e. The summed E-state index contributed by atoms with van der Waals surface area (Å²) in [4.78, 5) is 11.1. The molecule has 0 spiro atoms. The van der Waals surface area contributed by atoms with Gasteiger partial charge in [-0.1, -0.05) is 19.4 Å². The van der Waals surface area contributed by atoms with Crippen LogP contribution in [0.25, 0.3) is 0 Å². The Bertz CT molecular complexity index is 171. The van der Waals surface area contributed by atoms with Crippen LogP contribution >= 0.6 is 0 Å². The van der Waals surface area contributed by atoms with Crippen LogP contribution in [-0.2, 0) is 9.53 Å². The Morgan fingerprint density at radius 3 is 2.55 bits per heavy atom. The van der Waals surface area contributed by atoms with Gasteiger partial charge < -0.3 is 10.5 Å². The van der Waals surface area contributed by atoms with Crippen molar-refractivity contribution >= 4 is 5.97 Å². The molecule has 0 unspecified atom stereocenters.